The number of hydrogen-bond donors (Lipinski definition) is 0. The fourth-order valence-corrected chi connectivity index (χ4v) is 2.63. The fourth-order valence-electron chi connectivity index (χ4n) is 2.39. The van der Waals surface area contributed by atoms with Gasteiger partial charge in [-0.1, -0.05) is 52.0 Å². The monoisotopic (exact) mass is 286 g/mol. The predicted molar refractivity (Wildman–Crippen MR) is 82.7 cm³/mol. The summed E-state index contributed by atoms with van der Waals surface area (Å²) in [5.41, 5.74) is 2.39. The van der Waals surface area contributed by atoms with Gasteiger partial charge in [0.2, 0.25) is 0 Å². The van der Waals surface area contributed by atoms with Gasteiger partial charge in [0, 0.05) is 0 Å². The third-order valence-electron chi connectivity index (χ3n) is 4.14. The van der Waals surface area contributed by atoms with Crippen LogP contribution in [0.25, 0.3) is 0 Å². The molecule has 0 N–H and O–H groups in total. The lowest BCUT2D eigenvalue weighted by Crippen LogP contribution is -2.20. The van der Waals surface area contributed by atoms with Gasteiger partial charge in [-0.05, 0) is 36.8 Å². The normalized spacial score (nSPS) is 12.8. The Morgan fingerprint density at radius 1 is 0.778 bits per heavy atom. The van der Waals surface area contributed by atoms with Gasteiger partial charge in [0.15, 0.2) is 0 Å². The molecule has 1 aromatic carbocycles. The summed E-state index contributed by atoms with van der Waals surface area (Å²) in [4.78, 5) is -0.509. The summed E-state index contributed by atoms with van der Waals surface area (Å²) in [6, 6.07) is 8.51. The molecule has 1 aromatic rings. The van der Waals surface area contributed by atoms with Gasteiger partial charge < -0.3 is 0 Å². The number of rotatable bonds is 6. The quantitative estimate of drug-likeness (QED) is 0.547. The van der Waals surface area contributed by atoms with Gasteiger partial charge in [-0.2, -0.15) is 0 Å². The van der Waals surface area contributed by atoms with Gasteiger partial charge in [-0.15, -0.1) is 23.2 Å². The molecule has 2 heteroatoms. The molecule has 0 aliphatic heterocycles. The maximum Gasteiger partial charge on any atom is 0.0689 e. The van der Waals surface area contributed by atoms with E-state index in [1.54, 1.807) is 0 Å². The first kappa shape index (κ1) is 15.9. The van der Waals surface area contributed by atoms with Crippen molar-refractivity contribution in [2.45, 2.75) is 63.1 Å². The standard InChI is InChI=1S/C16H24Cl2/c1-5-15(17,6-2)13-10-9-11-14(12-13)16(18,7-3)8-4/h9-12H,5-8H2,1-4H3. The summed E-state index contributed by atoms with van der Waals surface area (Å²) in [6.45, 7) is 8.54. The van der Waals surface area contributed by atoms with Crippen molar-refractivity contribution >= 4 is 23.2 Å². The van der Waals surface area contributed by atoms with Gasteiger partial charge in [0.05, 0.1) is 9.75 Å². The first-order valence-electron chi connectivity index (χ1n) is 6.94. The van der Waals surface area contributed by atoms with Gasteiger partial charge in [-0.25, -0.2) is 0 Å². The second-order valence-electron chi connectivity index (χ2n) is 4.93. The van der Waals surface area contributed by atoms with E-state index >= 15 is 0 Å². The van der Waals surface area contributed by atoms with Crippen LogP contribution in [0.1, 0.15) is 64.5 Å². The van der Waals surface area contributed by atoms with Gasteiger partial charge in [0.1, 0.15) is 0 Å². The summed E-state index contributed by atoms with van der Waals surface area (Å²) >= 11 is 13.4. The van der Waals surface area contributed by atoms with Crippen molar-refractivity contribution in [1.82, 2.24) is 0 Å². The number of alkyl halides is 2. The van der Waals surface area contributed by atoms with E-state index in [9.17, 15) is 0 Å². The molecule has 0 fully saturated rings. The molecule has 0 aliphatic rings. The summed E-state index contributed by atoms with van der Waals surface area (Å²) in [7, 11) is 0. The first-order chi connectivity index (χ1) is 8.45. The Balaban J connectivity index is 3.21. The van der Waals surface area contributed by atoms with Crippen molar-refractivity contribution < 1.29 is 0 Å². The van der Waals surface area contributed by atoms with Crippen LogP contribution in [0, 0.1) is 0 Å². The Morgan fingerprint density at radius 2 is 1.11 bits per heavy atom. The molecule has 0 nitrogen and oxygen atoms in total. The highest BCUT2D eigenvalue weighted by atomic mass is 35.5. The highest BCUT2D eigenvalue weighted by molar-refractivity contribution is 6.24. The fraction of sp³-hybridized carbons (Fsp3) is 0.625. The Morgan fingerprint density at radius 3 is 1.39 bits per heavy atom. The summed E-state index contributed by atoms with van der Waals surface area (Å²) in [6.07, 6.45) is 3.73. The zero-order chi connectivity index (χ0) is 13.8. The van der Waals surface area contributed by atoms with E-state index in [0.29, 0.717) is 0 Å². The molecule has 102 valence electrons. The molecular formula is C16H24Cl2. The van der Waals surface area contributed by atoms with Crippen LogP contribution < -0.4 is 0 Å². The van der Waals surface area contributed by atoms with Gasteiger partial charge in [0.25, 0.3) is 0 Å². The lowest BCUT2D eigenvalue weighted by atomic mass is 9.87. The van der Waals surface area contributed by atoms with E-state index in [4.69, 9.17) is 23.2 Å². The van der Waals surface area contributed by atoms with Crippen molar-refractivity contribution in [2.24, 2.45) is 0 Å². The van der Waals surface area contributed by atoms with Crippen molar-refractivity contribution in [3.8, 4) is 0 Å². The third kappa shape index (κ3) is 3.03. The van der Waals surface area contributed by atoms with E-state index in [1.165, 1.54) is 11.1 Å². The zero-order valence-corrected chi connectivity index (χ0v) is 13.4. The molecule has 0 saturated heterocycles. The molecule has 0 aromatic heterocycles. The van der Waals surface area contributed by atoms with E-state index in [-0.39, 0.29) is 9.75 Å². The van der Waals surface area contributed by atoms with Crippen LogP contribution in [0.15, 0.2) is 24.3 Å². The van der Waals surface area contributed by atoms with Crippen molar-refractivity contribution in [3.05, 3.63) is 35.4 Å². The summed E-state index contributed by atoms with van der Waals surface area (Å²) < 4.78 is 0. The predicted octanol–water partition coefficient (Wildman–Crippen LogP) is 6.19. The van der Waals surface area contributed by atoms with E-state index < -0.39 is 0 Å². The van der Waals surface area contributed by atoms with Crippen molar-refractivity contribution in [3.63, 3.8) is 0 Å². The molecule has 0 bridgehead atoms. The zero-order valence-electron chi connectivity index (χ0n) is 11.9. The first-order valence-corrected chi connectivity index (χ1v) is 7.70. The average Bonchev–Trinajstić information content (AvgIpc) is 2.45. The van der Waals surface area contributed by atoms with E-state index in [1.807, 2.05) is 0 Å². The maximum absolute atomic E-state index is 6.70. The second kappa shape index (κ2) is 6.30. The third-order valence-corrected chi connectivity index (χ3v) is 5.64. The van der Waals surface area contributed by atoms with E-state index in [0.717, 1.165) is 25.7 Å². The molecular weight excluding hydrogens is 263 g/mol. The van der Waals surface area contributed by atoms with Crippen molar-refractivity contribution in [1.29, 1.82) is 0 Å². The Labute approximate surface area is 122 Å². The van der Waals surface area contributed by atoms with Gasteiger partial charge >= 0.3 is 0 Å². The van der Waals surface area contributed by atoms with Crippen LogP contribution in [0.5, 0.6) is 0 Å². The molecule has 1 rings (SSSR count). The van der Waals surface area contributed by atoms with Crippen LogP contribution in [0.2, 0.25) is 0 Å². The molecule has 0 aliphatic carbocycles. The van der Waals surface area contributed by atoms with Gasteiger partial charge in [-0.3, -0.25) is 0 Å². The summed E-state index contributed by atoms with van der Waals surface area (Å²) in [5.74, 6) is 0. The molecule has 0 unspecified atom stereocenters. The number of benzene rings is 1. The minimum absolute atomic E-state index is 0.255. The highest BCUT2D eigenvalue weighted by Crippen LogP contribution is 2.41. The minimum Gasteiger partial charge on any atom is -0.114 e. The Bertz CT molecular complexity index is 343. The Kier molecular flexibility index (Phi) is 5.55. The topological polar surface area (TPSA) is 0 Å². The average molecular weight is 287 g/mol. The van der Waals surface area contributed by atoms with Crippen LogP contribution in [-0.4, -0.2) is 0 Å². The summed E-state index contributed by atoms with van der Waals surface area (Å²) in [5, 5.41) is 0. The molecule has 0 amide bonds. The second-order valence-corrected chi connectivity index (χ2v) is 6.37. The Hall–Kier alpha value is -0.200. The molecule has 0 saturated carbocycles. The van der Waals surface area contributed by atoms with E-state index in [2.05, 4.69) is 52.0 Å². The lowest BCUT2D eigenvalue weighted by molar-refractivity contribution is 0.549. The smallest absolute Gasteiger partial charge is 0.0689 e. The number of halogens is 2. The molecule has 0 spiro atoms. The largest absolute Gasteiger partial charge is 0.114 e. The molecule has 0 atom stereocenters. The van der Waals surface area contributed by atoms with Crippen LogP contribution in [0.3, 0.4) is 0 Å². The van der Waals surface area contributed by atoms with Crippen LogP contribution in [-0.2, 0) is 9.75 Å². The van der Waals surface area contributed by atoms with Crippen molar-refractivity contribution in [2.75, 3.05) is 0 Å². The SMILES string of the molecule is CCC(Cl)(CC)c1cccc(C(Cl)(CC)CC)c1. The number of hydrogen-bond acceptors (Lipinski definition) is 0. The van der Waals surface area contributed by atoms with Crippen LogP contribution >= 0.6 is 23.2 Å². The minimum atomic E-state index is -0.255. The molecule has 0 heterocycles. The highest BCUT2D eigenvalue weighted by Gasteiger charge is 2.29. The maximum atomic E-state index is 6.70. The van der Waals surface area contributed by atoms with Crippen LogP contribution in [0.4, 0.5) is 0 Å². The molecule has 0 radical (unpaired) electrons. The lowest BCUT2D eigenvalue weighted by Gasteiger charge is -2.29. The molecule has 18 heavy (non-hydrogen) atoms.